The molecule has 0 aliphatic rings. The average Bonchev–Trinajstić information content (AvgIpc) is 2.97. The third-order valence-corrected chi connectivity index (χ3v) is 4.42. The fraction of sp³-hybridized carbons (Fsp3) is 0.273. The fourth-order valence-corrected chi connectivity index (χ4v) is 3.41. The van der Waals surface area contributed by atoms with E-state index in [1.54, 1.807) is 18.0 Å². The van der Waals surface area contributed by atoms with Crippen LogP contribution >= 0.6 is 23.1 Å². The van der Waals surface area contributed by atoms with Crippen LogP contribution in [-0.4, -0.2) is 22.6 Å². The van der Waals surface area contributed by atoms with Crippen molar-refractivity contribution in [2.24, 2.45) is 0 Å². The first kappa shape index (κ1) is 12.8. The molecule has 0 aliphatic heterocycles. The number of thiophene rings is 1. The van der Waals surface area contributed by atoms with Crippen molar-refractivity contribution in [1.29, 1.82) is 5.26 Å². The molecular formula is C11H13N5S2. The number of hydrogen-bond donors (Lipinski definition) is 2. The van der Waals surface area contributed by atoms with Crippen molar-refractivity contribution in [2.45, 2.75) is 11.4 Å². The van der Waals surface area contributed by atoms with Crippen molar-refractivity contribution in [3.8, 4) is 6.07 Å². The van der Waals surface area contributed by atoms with Crippen molar-refractivity contribution >= 4 is 33.8 Å². The maximum Gasteiger partial charge on any atom is 0.131 e. The van der Waals surface area contributed by atoms with Crippen LogP contribution in [0.5, 0.6) is 0 Å². The van der Waals surface area contributed by atoms with Gasteiger partial charge in [0.2, 0.25) is 0 Å². The summed E-state index contributed by atoms with van der Waals surface area (Å²) < 4.78 is 1.86. The van der Waals surface area contributed by atoms with Crippen LogP contribution in [0.2, 0.25) is 0 Å². The molecule has 0 atom stereocenters. The second kappa shape index (κ2) is 5.80. The number of aromatic nitrogens is 2. The third kappa shape index (κ3) is 2.60. The quantitative estimate of drug-likeness (QED) is 0.820. The monoisotopic (exact) mass is 279 g/mol. The van der Waals surface area contributed by atoms with Crippen LogP contribution in [0, 0.1) is 11.3 Å². The van der Waals surface area contributed by atoms with Crippen LogP contribution in [0.4, 0.5) is 10.7 Å². The Morgan fingerprint density at radius 1 is 1.67 bits per heavy atom. The van der Waals surface area contributed by atoms with Crippen LogP contribution in [0.25, 0.3) is 0 Å². The Hall–Kier alpha value is -1.65. The number of thioether (sulfide) groups is 1. The predicted octanol–water partition coefficient (Wildman–Crippen LogP) is 2.23. The molecule has 0 saturated carbocycles. The van der Waals surface area contributed by atoms with Gasteiger partial charge in [0.15, 0.2) is 0 Å². The summed E-state index contributed by atoms with van der Waals surface area (Å²) in [6.07, 6.45) is 5.63. The van der Waals surface area contributed by atoms with Crippen LogP contribution in [0.3, 0.4) is 0 Å². The molecule has 2 rings (SSSR count). The summed E-state index contributed by atoms with van der Waals surface area (Å²) in [5.74, 6) is 0. The predicted molar refractivity (Wildman–Crippen MR) is 75.9 cm³/mol. The number of anilines is 2. The van der Waals surface area contributed by atoms with Crippen molar-refractivity contribution in [3.63, 3.8) is 0 Å². The maximum absolute atomic E-state index is 8.96. The Morgan fingerprint density at radius 3 is 3.11 bits per heavy atom. The summed E-state index contributed by atoms with van der Waals surface area (Å²) in [6, 6.07) is 4.01. The molecule has 0 unspecified atom stereocenters. The van der Waals surface area contributed by atoms with Crippen molar-refractivity contribution in [1.82, 2.24) is 9.78 Å². The van der Waals surface area contributed by atoms with Gasteiger partial charge in [-0.1, -0.05) is 0 Å². The summed E-state index contributed by atoms with van der Waals surface area (Å²) in [5, 5.41) is 17.3. The van der Waals surface area contributed by atoms with E-state index in [4.69, 9.17) is 11.0 Å². The first-order valence-electron chi connectivity index (χ1n) is 5.34. The summed E-state index contributed by atoms with van der Waals surface area (Å²) in [4.78, 5) is 1.53. The first-order valence-corrected chi connectivity index (χ1v) is 7.38. The second-order valence-electron chi connectivity index (χ2n) is 3.51. The zero-order valence-corrected chi connectivity index (χ0v) is 11.5. The molecule has 2 aromatic heterocycles. The molecule has 5 nitrogen and oxygen atoms in total. The fourth-order valence-electron chi connectivity index (χ4n) is 1.55. The Kier molecular flexibility index (Phi) is 4.12. The Labute approximate surface area is 114 Å². The number of hydrogen-bond acceptors (Lipinski definition) is 6. The number of nitrogen functional groups attached to an aromatic ring is 1. The molecule has 0 bridgehead atoms. The highest BCUT2D eigenvalue weighted by Gasteiger charge is 2.14. The van der Waals surface area contributed by atoms with Gasteiger partial charge in [-0.3, -0.25) is 4.68 Å². The van der Waals surface area contributed by atoms with Gasteiger partial charge in [0.05, 0.1) is 17.1 Å². The van der Waals surface area contributed by atoms with Crippen molar-refractivity contribution in [3.05, 3.63) is 23.3 Å². The molecule has 2 aromatic rings. The molecule has 0 radical (unpaired) electrons. The minimum atomic E-state index is 0.570. The zero-order chi connectivity index (χ0) is 13.0. The molecule has 0 fully saturated rings. The lowest BCUT2D eigenvalue weighted by molar-refractivity contribution is 0.638. The van der Waals surface area contributed by atoms with Gasteiger partial charge in [-0.2, -0.15) is 10.4 Å². The normalized spacial score (nSPS) is 10.2. The Balaban J connectivity index is 2.03. The van der Waals surface area contributed by atoms with E-state index in [0.29, 0.717) is 10.6 Å². The SMILES string of the molecule is CSc1c(NCCn2cccn2)sc(C#N)c1N. The number of nitrogens with one attached hydrogen (secondary N) is 1. The Morgan fingerprint density at radius 2 is 2.50 bits per heavy atom. The lowest BCUT2D eigenvalue weighted by Crippen LogP contribution is -2.10. The van der Waals surface area contributed by atoms with Crippen molar-refractivity contribution < 1.29 is 0 Å². The van der Waals surface area contributed by atoms with Crippen LogP contribution in [0.1, 0.15) is 4.88 Å². The van der Waals surface area contributed by atoms with E-state index in [1.165, 1.54) is 11.3 Å². The van der Waals surface area contributed by atoms with Gasteiger partial charge in [0.25, 0.3) is 0 Å². The average molecular weight is 279 g/mol. The molecular weight excluding hydrogens is 266 g/mol. The molecule has 0 amide bonds. The van der Waals surface area contributed by atoms with E-state index in [2.05, 4.69) is 16.5 Å². The summed E-state index contributed by atoms with van der Waals surface area (Å²) in [7, 11) is 0. The molecule has 0 spiro atoms. The minimum Gasteiger partial charge on any atom is -0.396 e. The van der Waals surface area contributed by atoms with E-state index in [1.807, 2.05) is 23.2 Å². The van der Waals surface area contributed by atoms with E-state index < -0.39 is 0 Å². The molecule has 2 heterocycles. The van der Waals surface area contributed by atoms with Gasteiger partial charge < -0.3 is 11.1 Å². The van der Waals surface area contributed by atoms with E-state index in [0.717, 1.165) is 23.0 Å². The highest BCUT2D eigenvalue weighted by atomic mass is 32.2. The molecule has 94 valence electrons. The third-order valence-electron chi connectivity index (χ3n) is 2.39. The highest BCUT2D eigenvalue weighted by molar-refractivity contribution is 7.99. The van der Waals surface area contributed by atoms with E-state index in [9.17, 15) is 0 Å². The van der Waals surface area contributed by atoms with Crippen LogP contribution < -0.4 is 11.1 Å². The largest absolute Gasteiger partial charge is 0.396 e. The second-order valence-corrected chi connectivity index (χ2v) is 5.35. The van der Waals surface area contributed by atoms with Gasteiger partial charge in [-0.15, -0.1) is 23.1 Å². The van der Waals surface area contributed by atoms with E-state index in [-0.39, 0.29) is 0 Å². The van der Waals surface area contributed by atoms with E-state index >= 15 is 0 Å². The Bertz CT molecular complexity index is 553. The van der Waals surface area contributed by atoms with Gasteiger partial charge in [0.1, 0.15) is 15.9 Å². The van der Waals surface area contributed by atoms with Gasteiger partial charge in [0, 0.05) is 18.9 Å². The van der Waals surface area contributed by atoms with Crippen molar-refractivity contribution in [2.75, 3.05) is 23.9 Å². The zero-order valence-electron chi connectivity index (χ0n) is 9.88. The van der Waals surface area contributed by atoms with Crippen LogP contribution in [-0.2, 0) is 6.54 Å². The molecule has 0 saturated heterocycles. The first-order chi connectivity index (χ1) is 8.76. The summed E-state index contributed by atoms with van der Waals surface area (Å²) in [5.41, 5.74) is 6.48. The summed E-state index contributed by atoms with van der Waals surface area (Å²) in [6.45, 7) is 1.53. The standard InChI is InChI=1S/C11H13N5S2/c1-17-10-9(13)8(7-12)18-11(10)14-4-6-16-5-2-3-15-16/h2-3,5,14H,4,6,13H2,1H3. The number of nitriles is 1. The van der Waals surface area contributed by atoms with Gasteiger partial charge in [-0.05, 0) is 12.3 Å². The van der Waals surface area contributed by atoms with Crippen LogP contribution in [0.15, 0.2) is 23.4 Å². The smallest absolute Gasteiger partial charge is 0.131 e. The molecule has 7 heteroatoms. The molecule has 3 N–H and O–H groups in total. The van der Waals surface area contributed by atoms with Gasteiger partial charge >= 0.3 is 0 Å². The lowest BCUT2D eigenvalue weighted by atomic mass is 10.4. The molecule has 18 heavy (non-hydrogen) atoms. The summed E-state index contributed by atoms with van der Waals surface area (Å²) >= 11 is 2.96. The number of nitrogens with two attached hydrogens (primary N) is 1. The van der Waals surface area contributed by atoms with Gasteiger partial charge in [-0.25, -0.2) is 0 Å². The lowest BCUT2D eigenvalue weighted by Gasteiger charge is -2.06. The topological polar surface area (TPSA) is 79.7 Å². The number of nitrogens with zero attached hydrogens (tertiary/aromatic N) is 3. The molecule has 0 aliphatic carbocycles. The highest BCUT2D eigenvalue weighted by Crippen LogP contribution is 2.40. The molecule has 0 aromatic carbocycles. The minimum absolute atomic E-state index is 0.570. The maximum atomic E-state index is 8.96. The number of rotatable bonds is 5.